The lowest BCUT2D eigenvalue weighted by Gasteiger charge is -2.26. The number of unbranched alkanes of at least 4 members (excludes halogenated alkanes) is 21. The number of phosphoric ester groups is 1. The zero-order valence-corrected chi connectivity index (χ0v) is 31.0. The van der Waals surface area contributed by atoms with Crippen LogP contribution in [-0.4, -0.2) is 38.7 Å². The molecule has 0 saturated carbocycles. The third-order valence-electron chi connectivity index (χ3n) is 7.88. The Morgan fingerprint density at radius 1 is 0.364 bits per heavy atom. The first kappa shape index (κ1) is 44.0. The van der Waals surface area contributed by atoms with Gasteiger partial charge in [-0.15, -0.1) is 0 Å². The van der Waals surface area contributed by atoms with E-state index in [4.69, 9.17) is 27.8 Å². The summed E-state index contributed by atoms with van der Waals surface area (Å²) < 4.78 is 48.5. The highest BCUT2D eigenvalue weighted by atomic mass is 31.2. The molecule has 0 bridgehead atoms. The second-order valence-corrected chi connectivity index (χ2v) is 14.0. The van der Waals surface area contributed by atoms with Crippen LogP contribution in [0.3, 0.4) is 0 Å². The molecule has 0 aliphatic carbocycles. The molecule has 0 aliphatic heterocycles. The molecule has 3 unspecified atom stereocenters. The molecule has 0 amide bonds. The van der Waals surface area contributed by atoms with Crippen LogP contribution in [0.5, 0.6) is 0 Å². The first-order chi connectivity index (χ1) is 21.4. The molecule has 0 N–H and O–H groups in total. The van der Waals surface area contributed by atoms with Crippen molar-refractivity contribution in [2.75, 3.05) is 19.8 Å². The molecular formula is C36H75O7P. The van der Waals surface area contributed by atoms with E-state index in [-0.39, 0.29) is 0 Å². The maximum Gasteiger partial charge on any atom is 0.481 e. The first-order valence-electron chi connectivity index (χ1n) is 18.9. The van der Waals surface area contributed by atoms with Crippen molar-refractivity contribution in [3.8, 4) is 0 Å². The fraction of sp³-hybridized carbons (Fsp3) is 1.00. The highest BCUT2D eigenvalue weighted by Gasteiger charge is 2.35. The molecule has 0 radical (unpaired) electrons. The van der Waals surface area contributed by atoms with Gasteiger partial charge in [0.25, 0.3) is 0 Å². The lowest BCUT2D eigenvalue weighted by atomic mass is 10.1. The number of hydrogen-bond donors (Lipinski definition) is 0. The average Bonchev–Trinajstić information content (AvgIpc) is 2.98. The Morgan fingerprint density at radius 2 is 0.568 bits per heavy atom. The van der Waals surface area contributed by atoms with Crippen molar-refractivity contribution in [3.63, 3.8) is 0 Å². The van der Waals surface area contributed by atoms with E-state index in [1.807, 2.05) is 0 Å². The van der Waals surface area contributed by atoms with Crippen molar-refractivity contribution >= 4 is 7.82 Å². The molecule has 7 nitrogen and oxygen atoms in total. The zero-order valence-electron chi connectivity index (χ0n) is 30.1. The van der Waals surface area contributed by atoms with E-state index in [0.717, 1.165) is 38.5 Å². The monoisotopic (exact) mass is 651 g/mol. The highest BCUT2D eigenvalue weighted by molar-refractivity contribution is 7.48. The summed E-state index contributed by atoms with van der Waals surface area (Å²) in [7, 11) is -3.99. The van der Waals surface area contributed by atoms with Crippen LogP contribution in [-0.2, 0) is 32.3 Å². The Kier molecular flexibility index (Phi) is 32.9. The number of ether oxygens (including phenoxy) is 3. The molecule has 0 aliphatic rings. The maximum atomic E-state index is 13.7. The lowest BCUT2D eigenvalue weighted by Crippen LogP contribution is -2.22. The summed E-state index contributed by atoms with van der Waals surface area (Å²) in [4.78, 5) is 0. The van der Waals surface area contributed by atoms with Crippen molar-refractivity contribution in [3.05, 3.63) is 0 Å². The van der Waals surface area contributed by atoms with E-state index in [0.29, 0.717) is 19.8 Å². The smallest absolute Gasteiger partial charge is 0.352 e. The van der Waals surface area contributed by atoms with Gasteiger partial charge in [0.2, 0.25) is 0 Å². The van der Waals surface area contributed by atoms with Crippen LogP contribution in [0, 0.1) is 0 Å². The van der Waals surface area contributed by atoms with Gasteiger partial charge >= 0.3 is 7.82 Å². The molecule has 3 atom stereocenters. The van der Waals surface area contributed by atoms with Gasteiger partial charge in [0.1, 0.15) is 0 Å². The largest absolute Gasteiger partial charge is 0.481 e. The molecule has 0 aromatic rings. The van der Waals surface area contributed by atoms with Crippen molar-refractivity contribution < 1.29 is 32.3 Å². The van der Waals surface area contributed by atoms with Crippen LogP contribution in [0.1, 0.15) is 196 Å². The number of hydrogen-bond acceptors (Lipinski definition) is 7. The molecule has 0 saturated heterocycles. The normalized spacial score (nSPS) is 15.3. The summed E-state index contributed by atoms with van der Waals surface area (Å²) in [6, 6.07) is 0. The minimum Gasteiger partial charge on any atom is -0.352 e. The van der Waals surface area contributed by atoms with E-state index < -0.39 is 26.7 Å². The van der Waals surface area contributed by atoms with Gasteiger partial charge in [-0.05, 0) is 40.0 Å². The maximum absolute atomic E-state index is 13.7. The Bertz CT molecular complexity index is 540. The van der Waals surface area contributed by atoms with Gasteiger partial charge in [0.05, 0.1) is 0 Å². The molecule has 0 heterocycles. The predicted octanol–water partition coefficient (Wildman–Crippen LogP) is 12.7. The van der Waals surface area contributed by atoms with Crippen molar-refractivity contribution in [1.82, 2.24) is 0 Å². The molecular weight excluding hydrogens is 575 g/mol. The van der Waals surface area contributed by atoms with Crippen molar-refractivity contribution in [2.24, 2.45) is 0 Å². The van der Waals surface area contributed by atoms with E-state index in [1.54, 1.807) is 20.8 Å². The van der Waals surface area contributed by atoms with Crippen LogP contribution in [0.4, 0.5) is 0 Å². The highest BCUT2D eigenvalue weighted by Crippen LogP contribution is 2.53. The molecule has 44 heavy (non-hydrogen) atoms. The Hall–Kier alpha value is -0.0100. The summed E-state index contributed by atoms with van der Waals surface area (Å²) in [5.74, 6) is 0. The lowest BCUT2D eigenvalue weighted by molar-refractivity contribution is -0.148. The third-order valence-corrected chi connectivity index (χ3v) is 9.55. The Labute approximate surface area is 274 Å². The molecule has 0 spiro atoms. The summed E-state index contributed by atoms with van der Waals surface area (Å²) in [5.41, 5.74) is 0. The van der Waals surface area contributed by atoms with Gasteiger partial charge in [0, 0.05) is 19.8 Å². The fourth-order valence-electron chi connectivity index (χ4n) is 5.17. The average molecular weight is 651 g/mol. The Balaban J connectivity index is 4.54. The van der Waals surface area contributed by atoms with E-state index in [2.05, 4.69) is 20.8 Å². The molecule has 0 fully saturated rings. The molecule has 8 heteroatoms. The number of rotatable bonds is 36. The first-order valence-corrected chi connectivity index (χ1v) is 20.3. The van der Waals surface area contributed by atoms with Crippen LogP contribution in [0.2, 0.25) is 0 Å². The molecule has 266 valence electrons. The fourth-order valence-corrected chi connectivity index (χ4v) is 6.59. The van der Waals surface area contributed by atoms with Gasteiger partial charge in [-0.25, -0.2) is 4.57 Å². The van der Waals surface area contributed by atoms with Gasteiger partial charge < -0.3 is 14.2 Å². The van der Waals surface area contributed by atoms with Crippen LogP contribution in [0.25, 0.3) is 0 Å². The SMILES string of the molecule is CCCCCCCCCCOC(C)OP(=O)(OC(C)OCCCCCCCCCC)OC(C)OCCCCCCCCCC. The quantitative estimate of drug-likeness (QED) is 0.0379. The van der Waals surface area contributed by atoms with E-state index >= 15 is 0 Å². The Morgan fingerprint density at radius 3 is 0.795 bits per heavy atom. The van der Waals surface area contributed by atoms with Crippen molar-refractivity contribution in [1.29, 1.82) is 0 Å². The van der Waals surface area contributed by atoms with Crippen LogP contribution in [0.15, 0.2) is 0 Å². The number of phosphoric acid groups is 1. The van der Waals surface area contributed by atoms with Crippen LogP contribution >= 0.6 is 7.82 Å². The summed E-state index contributed by atoms with van der Waals surface area (Å²) >= 11 is 0. The summed E-state index contributed by atoms with van der Waals surface area (Å²) in [6.07, 6.45) is 27.2. The van der Waals surface area contributed by atoms with Gasteiger partial charge in [0.15, 0.2) is 18.9 Å². The molecule has 0 aromatic heterocycles. The minimum absolute atomic E-state index is 0.547. The molecule has 0 aromatic carbocycles. The summed E-state index contributed by atoms with van der Waals surface area (Å²) in [5, 5.41) is 0. The van der Waals surface area contributed by atoms with E-state index in [9.17, 15) is 4.57 Å². The van der Waals surface area contributed by atoms with Gasteiger partial charge in [-0.2, -0.15) is 0 Å². The van der Waals surface area contributed by atoms with Gasteiger partial charge in [-0.3, -0.25) is 13.6 Å². The zero-order chi connectivity index (χ0) is 32.6. The summed E-state index contributed by atoms with van der Waals surface area (Å²) in [6.45, 7) is 13.6. The second kappa shape index (κ2) is 32.9. The standard InChI is InChI=1S/C36H75O7P/c1-7-10-13-16-19-22-25-28-31-38-34(4)41-44(37,42-35(5)39-32-29-26-23-20-17-14-11-8-2)43-36(6)40-33-30-27-24-21-18-15-12-9-3/h34-36H,7-33H2,1-6H3. The minimum atomic E-state index is -3.99. The predicted molar refractivity (Wildman–Crippen MR) is 185 cm³/mol. The third kappa shape index (κ3) is 30.6. The van der Waals surface area contributed by atoms with Crippen LogP contribution < -0.4 is 0 Å². The molecule has 0 rings (SSSR count). The van der Waals surface area contributed by atoms with Gasteiger partial charge in [-0.1, -0.05) is 156 Å². The van der Waals surface area contributed by atoms with E-state index in [1.165, 1.54) is 116 Å². The second-order valence-electron chi connectivity index (χ2n) is 12.5. The topological polar surface area (TPSA) is 72.5 Å². The van der Waals surface area contributed by atoms with Crippen molar-refractivity contribution in [2.45, 2.75) is 215 Å².